The van der Waals surface area contributed by atoms with Gasteiger partial charge in [0.1, 0.15) is 11.3 Å². The van der Waals surface area contributed by atoms with Crippen molar-refractivity contribution in [2.45, 2.75) is 5.16 Å². The number of H-pyrrole nitrogens is 1. The van der Waals surface area contributed by atoms with Crippen LogP contribution in [0, 0.1) is 0 Å². The fourth-order valence-corrected chi connectivity index (χ4v) is 3.86. The van der Waals surface area contributed by atoms with E-state index in [0.29, 0.717) is 5.16 Å². The third-order valence-corrected chi connectivity index (χ3v) is 5.38. The fraction of sp³-hybridized carbons (Fsp3) is 0.0588. The van der Waals surface area contributed by atoms with Crippen molar-refractivity contribution >= 4 is 44.9 Å². The van der Waals surface area contributed by atoms with Gasteiger partial charge in [0.05, 0.1) is 16.0 Å². The summed E-state index contributed by atoms with van der Waals surface area (Å²) in [5.41, 5.74) is 2.72. The van der Waals surface area contributed by atoms with Crippen LogP contribution in [-0.2, 0) is 4.79 Å². The van der Waals surface area contributed by atoms with Gasteiger partial charge in [0.15, 0.2) is 5.16 Å². The molecule has 0 aliphatic heterocycles. The standard InChI is InChI=1S/C17H13N5OS2/c23-15(9-24-17-18-10-19-22-17)20-12-5-3-4-11(8-12)16-21-13-6-1-2-7-14(13)25-16/h1-8,10H,9H2,(H,20,23)(H,18,19,22). The van der Waals surface area contributed by atoms with Gasteiger partial charge in [-0.05, 0) is 24.3 Å². The first-order valence-electron chi connectivity index (χ1n) is 7.52. The number of carbonyl (C=O) groups excluding carboxylic acids is 1. The lowest BCUT2D eigenvalue weighted by Crippen LogP contribution is -2.14. The largest absolute Gasteiger partial charge is 0.325 e. The first-order chi connectivity index (χ1) is 12.3. The average molecular weight is 367 g/mol. The molecule has 0 bridgehead atoms. The third-order valence-electron chi connectivity index (χ3n) is 3.42. The molecule has 4 rings (SSSR count). The lowest BCUT2D eigenvalue weighted by molar-refractivity contribution is -0.113. The number of anilines is 1. The Morgan fingerprint density at radius 2 is 2.12 bits per heavy atom. The van der Waals surface area contributed by atoms with Crippen molar-refractivity contribution in [3.05, 3.63) is 54.9 Å². The lowest BCUT2D eigenvalue weighted by Gasteiger charge is -2.05. The molecule has 0 radical (unpaired) electrons. The molecule has 8 heteroatoms. The molecule has 2 aromatic heterocycles. The monoisotopic (exact) mass is 367 g/mol. The Bertz CT molecular complexity index is 980. The summed E-state index contributed by atoms with van der Waals surface area (Å²) in [7, 11) is 0. The Morgan fingerprint density at radius 1 is 1.20 bits per heavy atom. The topological polar surface area (TPSA) is 83.6 Å². The second-order valence-electron chi connectivity index (χ2n) is 5.20. The molecule has 0 saturated carbocycles. The molecular formula is C17H13N5OS2. The van der Waals surface area contributed by atoms with Gasteiger partial charge in [0.25, 0.3) is 0 Å². The van der Waals surface area contributed by atoms with Gasteiger partial charge >= 0.3 is 0 Å². The number of aromatic amines is 1. The molecule has 0 aliphatic rings. The van der Waals surface area contributed by atoms with Crippen LogP contribution >= 0.6 is 23.1 Å². The first kappa shape index (κ1) is 15.8. The number of rotatable bonds is 5. The maximum absolute atomic E-state index is 12.1. The minimum atomic E-state index is -0.0946. The van der Waals surface area contributed by atoms with Crippen LogP contribution in [0.2, 0.25) is 0 Å². The number of carbonyl (C=O) groups is 1. The molecular weight excluding hydrogens is 354 g/mol. The molecule has 2 heterocycles. The van der Waals surface area contributed by atoms with Gasteiger partial charge in [0.2, 0.25) is 5.91 Å². The molecule has 0 unspecified atom stereocenters. The van der Waals surface area contributed by atoms with Crippen molar-refractivity contribution in [3.63, 3.8) is 0 Å². The van der Waals surface area contributed by atoms with Gasteiger partial charge in [-0.1, -0.05) is 36.0 Å². The highest BCUT2D eigenvalue weighted by Crippen LogP contribution is 2.31. The van der Waals surface area contributed by atoms with E-state index in [4.69, 9.17) is 0 Å². The summed E-state index contributed by atoms with van der Waals surface area (Å²) >= 11 is 2.95. The number of para-hydroxylation sites is 1. The number of fused-ring (bicyclic) bond motifs is 1. The van der Waals surface area contributed by atoms with E-state index in [9.17, 15) is 4.79 Å². The number of hydrogen-bond donors (Lipinski definition) is 2. The van der Waals surface area contributed by atoms with Crippen molar-refractivity contribution in [2.24, 2.45) is 0 Å². The first-order valence-corrected chi connectivity index (χ1v) is 9.32. The highest BCUT2D eigenvalue weighted by atomic mass is 32.2. The summed E-state index contributed by atoms with van der Waals surface area (Å²) in [4.78, 5) is 20.7. The highest BCUT2D eigenvalue weighted by Gasteiger charge is 2.09. The lowest BCUT2D eigenvalue weighted by atomic mass is 10.2. The maximum atomic E-state index is 12.1. The van der Waals surface area contributed by atoms with E-state index >= 15 is 0 Å². The smallest absolute Gasteiger partial charge is 0.234 e. The molecule has 25 heavy (non-hydrogen) atoms. The quantitative estimate of drug-likeness (QED) is 0.524. The molecule has 4 aromatic rings. The van der Waals surface area contributed by atoms with Crippen LogP contribution in [0.25, 0.3) is 20.8 Å². The molecule has 2 N–H and O–H groups in total. The summed E-state index contributed by atoms with van der Waals surface area (Å²) in [6.45, 7) is 0. The number of amides is 1. The number of thioether (sulfide) groups is 1. The summed E-state index contributed by atoms with van der Waals surface area (Å²) in [5, 5.41) is 10.9. The minimum Gasteiger partial charge on any atom is -0.325 e. The summed E-state index contributed by atoms with van der Waals surface area (Å²) < 4.78 is 1.15. The van der Waals surface area contributed by atoms with Crippen LogP contribution < -0.4 is 5.32 Å². The van der Waals surface area contributed by atoms with Crippen LogP contribution in [0.5, 0.6) is 0 Å². The minimum absolute atomic E-state index is 0.0946. The maximum Gasteiger partial charge on any atom is 0.234 e. The van der Waals surface area contributed by atoms with Gasteiger partial charge < -0.3 is 5.32 Å². The predicted molar refractivity (Wildman–Crippen MR) is 101 cm³/mol. The van der Waals surface area contributed by atoms with Crippen molar-refractivity contribution < 1.29 is 4.79 Å². The van der Waals surface area contributed by atoms with Gasteiger partial charge in [-0.3, -0.25) is 9.89 Å². The SMILES string of the molecule is O=C(CSc1ncn[nH]1)Nc1cccc(-c2nc3ccccc3s2)c1. The summed E-state index contributed by atoms with van der Waals surface area (Å²) in [5.74, 6) is 0.170. The third kappa shape index (κ3) is 3.70. The van der Waals surface area contributed by atoms with Gasteiger partial charge in [-0.15, -0.1) is 11.3 Å². The molecule has 6 nitrogen and oxygen atoms in total. The molecule has 0 fully saturated rings. The molecule has 0 saturated heterocycles. The summed E-state index contributed by atoms with van der Waals surface area (Å²) in [6, 6.07) is 15.8. The number of benzene rings is 2. The number of nitrogens with zero attached hydrogens (tertiary/aromatic N) is 3. The molecule has 2 aromatic carbocycles. The predicted octanol–water partition coefficient (Wildman–Crippen LogP) is 3.81. The fourth-order valence-electron chi connectivity index (χ4n) is 2.32. The second kappa shape index (κ2) is 7.04. The van der Waals surface area contributed by atoms with E-state index in [0.717, 1.165) is 26.5 Å². The number of hydrogen-bond acceptors (Lipinski definition) is 6. The summed E-state index contributed by atoms with van der Waals surface area (Å²) in [6.07, 6.45) is 1.42. The van der Waals surface area contributed by atoms with Crippen LogP contribution in [0.3, 0.4) is 0 Å². The second-order valence-corrected chi connectivity index (χ2v) is 7.19. The number of aromatic nitrogens is 4. The Kier molecular flexibility index (Phi) is 4.45. The van der Waals surface area contributed by atoms with E-state index in [-0.39, 0.29) is 11.7 Å². The van der Waals surface area contributed by atoms with Crippen LogP contribution in [0.1, 0.15) is 0 Å². The highest BCUT2D eigenvalue weighted by molar-refractivity contribution is 7.99. The Balaban J connectivity index is 1.48. The molecule has 1 amide bonds. The van der Waals surface area contributed by atoms with Gasteiger partial charge in [-0.25, -0.2) is 9.97 Å². The van der Waals surface area contributed by atoms with Crippen molar-refractivity contribution in [3.8, 4) is 10.6 Å². The average Bonchev–Trinajstić information content (AvgIpc) is 3.29. The Labute approximate surface area is 151 Å². The normalized spacial score (nSPS) is 10.9. The Hall–Kier alpha value is -2.71. The molecule has 124 valence electrons. The van der Waals surface area contributed by atoms with E-state index in [2.05, 4.69) is 31.5 Å². The number of nitrogens with one attached hydrogen (secondary N) is 2. The number of thiazole rings is 1. The van der Waals surface area contributed by atoms with E-state index in [1.54, 1.807) is 11.3 Å². The van der Waals surface area contributed by atoms with Crippen molar-refractivity contribution in [1.82, 2.24) is 20.2 Å². The van der Waals surface area contributed by atoms with Crippen molar-refractivity contribution in [2.75, 3.05) is 11.1 Å². The molecule has 0 atom stereocenters. The van der Waals surface area contributed by atoms with E-state index in [1.165, 1.54) is 18.1 Å². The van der Waals surface area contributed by atoms with Crippen LogP contribution in [-0.4, -0.2) is 31.8 Å². The van der Waals surface area contributed by atoms with Crippen LogP contribution in [0.4, 0.5) is 5.69 Å². The van der Waals surface area contributed by atoms with E-state index in [1.807, 2.05) is 42.5 Å². The zero-order valence-electron chi connectivity index (χ0n) is 13.0. The van der Waals surface area contributed by atoms with E-state index < -0.39 is 0 Å². The zero-order valence-corrected chi connectivity index (χ0v) is 14.6. The van der Waals surface area contributed by atoms with Gasteiger partial charge in [-0.2, -0.15) is 5.10 Å². The zero-order chi connectivity index (χ0) is 17.1. The molecule has 0 spiro atoms. The van der Waals surface area contributed by atoms with Crippen molar-refractivity contribution in [1.29, 1.82) is 0 Å². The van der Waals surface area contributed by atoms with Gasteiger partial charge in [0, 0.05) is 11.3 Å². The van der Waals surface area contributed by atoms with Crippen LogP contribution in [0.15, 0.2) is 60.0 Å². The Morgan fingerprint density at radius 3 is 2.96 bits per heavy atom. The molecule has 0 aliphatic carbocycles.